The van der Waals surface area contributed by atoms with E-state index in [1.54, 1.807) is 36.4 Å². The molecule has 10 nitrogen and oxygen atoms in total. The number of para-hydroxylation sites is 1. The summed E-state index contributed by atoms with van der Waals surface area (Å²) in [6, 6.07) is 32.8. The van der Waals surface area contributed by atoms with Crippen LogP contribution in [0.4, 0.5) is 22.7 Å². The van der Waals surface area contributed by atoms with Crippen LogP contribution < -0.4 is 15.1 Å². The summed E-state index contributed by atoms with van der Waals surface area (Å²) in [5.41, 5.74) is 3.18. The Hall–Kier alpha value is -6.38. The highest BCUT2D eigenvalue weighted by Gasteiger charge is 2.38. The predicted molar refractivity (Wildman–Crippen MR) is 167 cm³/mol. The van der Waals surface area contributed by atoms with Gasteiger partial charge in [0.15, 0.2) is 0 Å². The molecule has 7 rings (SSSR count). The van der Waals surface area contributed by atoms with E-state index in [0.29, 0.717) is 11.3 Å². The van der Waals surface area contributed by atoms with Gasteiger partial charge >= 0.3 is 0 Å². The average molecular weight is 625 g/mol. The number of sulfone groups is 1. The highest BCUT2D eigenvalue weighted by Crippen LogP contribution is 2.37. The maximum absolute atomic E-state index is 13.6. The lowest BCUT2D eigenvalue weighted by atomic mass is 10.1. The fourth-order valence-corrected chi connectivity index (χ4v) is 6.84. The summed E-state index contributed by atoms with van der Waals surface area (Å²) in [6.07, 6.45) is 0. The Balaban J connectivity index is 1.20. The Morgan fingerprint density at radius 2 is 1.11 bits per heavy atom. The van der Waals surface area contributed by atoms with Gasteiger partial charge in [-0.3, -0.25) is 24.5 Å². The first kappa shape index (κ1) is 28.4. The van der Waals surface area contributed by atoms with E-state index in [9.17, 15) is 32.9 Å². The molecular formula is C35H20N4O6S. The number of amides is 4. The number of carbonyl (C=O) groups is 4. The lowest BCUT2D eigenvalue weighted by Crippen LogP contribution is -2.29. The molecule has 2 aliphatic heterocycles. The SMILES string of the molecule is N#Cc1ccc(N(c2ccccc2)c2ccc(N3C(=O)c4ccc(S(=O)(=O)c5ccc6c(c5)C(=O)NC6=O)cc4C3=O)cc2)cc1. The van der Waals surface area contributed by atoms with Crippen molar-refractivity contribution < 1.29 is 27.6 Å². The van der Waals surface area contributed by atoms with E-state index in [2.05, 4.69) is 11.4 Å². The molecule has 1 N–H and O–H groups in total. The van der Waals surface area contributed by atoms with Crippen molar-refractivity contribution in [3.63, 3.8) is 0 Å². The van der Waals surface area contributed by atoms with E-state index < -0.39 is 33.5 Å². The minimum absolute atomic E-state index is 0.0513. The zero-order valence-electron chi connectivity index (χ0n) is 23.7. The van der Waals surface area contributed by atoms with Crippen molar-refractivity contribution in [2.75, 3.05) is 9.80 Å². The summed E-state index contributed by atoms with van der Waals surface area (Å²) < 4.78 is 27.0. The first-order valence-electron chi connectivity index (χ1n) is 13.9. The summed E-state index contributed by atoms with van der Waals surface area (Å²) in [5, 5.41) is 11.3. The van der Waals surface area contributed by atoms with Crippen LogP contribution in [0.15, 0.2) is 125 Å². The normalized spacial score (nSPS) is 13.7. The third kappa shape index (κ3) is 4.52. The summed E-state index contributed by atoms with van der Waals surface area (Å²) in [5.74, 6) is -2.59. The van der Waals surface area contributed by atoms with E-state index in [-0.39, 0.29) is 32.0 Å². The molecule has 2 heterocycles. The number of benzene rings is 5. The summed E-state index contributed by atoms with van der Waals surface area (Å²) in [4.78, 5) is 53.4. The largest absolute Gasteiger partial charge is 0.311 e. The highest BCUT2D eigenvalue weighted by molar-refractivity contribution is 7.91. The van der Waals surface area contributed by atoms with Crippen LogP contribution in [0.1, 0.15) is 47.0 Å². The molecule has 2 aliphatic rings. The van der Waals surface area contributed by atoms with Crippen molar-refractivity contribution in [3.8, 4) is 6.07 Å². The molecule has 0 radical (unpaired) electrons. The molecule has 0 atom stereocenters. The van der Waals surface area contributed by atoms with Crippen molar-refractivity contribution in [2.24, 2.45) is 0 Å². The van der Waals surface area contributed by atoms with E-state index in [1.807, 2.05) is 47.4 Å². The lowest BCUT2D eigenvalue weighted by Gasteiger charge is -2.26. The molecule has 0 aromatic heterocycles. The van der Waals surface area contributed by atoms with Crippen molar-refractivity contribution in [1.29, 1.82) is 5.26 Å². The van der Waals surface area contributed by atoms with Gasteiger partial charge in [-0.15, -0.1) is 0 Å². The molecule has 0 saturated carbocycles. The van der Waals surface area contributed by atoms with Crippen LogP contribution >= 0.6 is 0 Å². The number of fused-ring (bicyclic) bond motifs is 2. The molecule has 0 bridgehead atoms. The molecule has 5 aromatic carbocycles. The number of hydrogen-bond donors (Lipinski definition) is 1. The third-order valence-corrected chi connectivity index (χ3v) is 9.57. The smallest absolute Gasteiger partial charge is 0.266 e. The number of hydrogen-bond acceptors (Lipinski definition) is 8. The minimum Gasteiger partial charge on any atom is -0.311 e. The zero-order valence-corrected chi connectivity index (χ0v) is 24.5. The Bertz CT molecular complexity index is 2280. The molecule has 0 fully saturated rings. The fraction of sp³-hybridized carbons (Fsp3) is 0. The quantitative estimate of drug-likeness (QED) is 0.242. The van der Waals surface area contributed by atoms with E-state index >= 15 is 0 Å². The summed E-state index contributed by atoms with van der Waals surface area (Å²) in [7, 11) is -4.22. The first-order chi connectivity index (χ1) is 22.2. The van der Waals surface area contributed by atoms with E-state index in [4.69, 9.17) is 0 Å². The van der Waals surface area contributed by atoms with Crippen molar-refractivity contribution in [1.82, 2.24) is 5.32 Å². The van der Waals surface area contributed by atoms with Crippen LogP contribution in [-0.2, 0) is 9.84 Å². The number of imide groups is 2. The van der Waals surface area contributed by atoms with E-state index in [0.717, 1.165) is 34.1 Å². The Labute approximate surface area is 262 Å². The second kappa shape index (κ2) is 10.7. The van der Waals surface area contributed by atoms with Gasteiger partial charge in [-0.05, 0) is 97.1 Å². The second-order valence-corrected chi connectivity index (χ2v) is 12.4. The van der Waals surface area contributed by atoms with Crippen LogP contribution in [0.2, 0.25) is 0 Å². The van der Waals surface area contributed by atoms with Crippen LogP contribution in [0.5, 0.6) is 0 Å². The number of rotatable bonds is 6. The summed E-state index contributed by atoms with van der Waals surface area (Å²) in [6.45, 7) is 0. The molecule has 0 spiro atoms. The number of anilines is 4. The topological polar surface area (TPSA) is 145 Å². The van der Waals surface area contributed by atoms with Gasteiger partial charge in [0.25, 0.3) is 23.6 Å². The molecule has 0 aliphatic carbocycles. The number of carbonyl (C=O) groups excluding carboxylic acids is 4. The van der Waals surface area contributed by atoms with Crippen LogP contribution in [0.25, 0.3) is 0 Å². The lowest BCUT2D eigenvalue weighted by molar-refractivity contribution is 0.0874. The third-order valence-electron chi connectivity index (χ3n) is 7.82. The van der Waals surface area contributed by atoms with Gasteiger partial charge in [-0.1, -0.05) is 18.2 Å². The van der Waals surface area contributed by atoms with Crippen molar-refractivity contribution in [2.45, 2.75) is 9.79 Å². The molecule has 0 saturated heterocycles. The second-order valence-electron chi connectivity index (χ2n) is 10.5. The Morgan fingerprint density at radius 3 is 1.74 bits per heavy atom. The van der Waals surface area contributed by atoms with Gasteiger partial charge in [-0.25, -0.2) is 13.3 Å². The van der Waals surface area contributed by atoms with Crippen molar-refractivity contribution in [3.05, 3.63) is 143 Å². The molecule has 5 aromatic rings. The van der Waals surface area contributed by atoms with E-state index in [1.165, 1.54) is 24.3 Å². The Kier molecular flexibility index (Phi) is 6.58. The van der Waals surface area contributed by atoms with Crippen molar-refractivity contribution >= 4 is 56.2 Å². The molecule has 46 heavy (non-hydrogen) atoms. The maximum atomic E-state index is 13.6. The predicted octanol–water partition coefficient (Wildman–Crippen LogP) is 5.55. The monoisotopic (exact) mass is 624 g/mol. The number of nitrogens with one attached hydrogen (secondary N) is 1. The average Bonchev–Trinajstić information content (AvgIpc) is 3.51. The van der Waals surface area contributed by atoms with Gasteiger partial charge in [0, 0.05) is 17.1 Å². The zero-order chi connectivity index (χ0) is 32.2. The number of nitriles is 1. The van der Waals surface area contributed by atoms with Gasteiger partial charge in [0.05, 0.1) is 49.4 Å². The summed E-state index contributed by atoms with van der Waals surface area (Å²) >= 11 is 0. The first-order valence-corrected chi connectivity index (χ1v) is 15.4. The molecule has 0 unspecified atom stereocenters. The van der Waals surface area contributed by atoms with Gasteiger partial charge in [0.2, 0.25) is 9.84 Å². The van der Waals surface area contributed by atoms with Crippen LogP contribution in [0.3, 0.4) is 0 Å². The van der Waals surface area contributed by atoms with Gasteiger partial charge in [0.1, 0.15) is 0 Å². The number of nitrogens with zero attached hydrogens (tertiary/aromatic N) is 3. The van der Waals surface area contributed by atoms with Gasteiger partial charge < -0.3 is 4.90 Å². The Morgan fingerprint density at radius 1 is 0.587 bits per heavy atom. The van der Waals surface area contributed by atoms with Crippen LogP contribution in [0, 0.1) is 11.3 Å². The standard InChI is InChI=1S/C35H20N4O6S/c36-20-21-6-8-23(9-7-21)38(22-4-2-1-3-5-22)24-10-12-25(13-11-24)39-34(42)29-17-15-27(19-31(29)35(39)43)46(44,45)26-14-16-28-30(18-26)33(41)37-32(28)40/h1-19H,(H,37,40,41). The molecule has 11 heteroatoms. The molecular weight excluding hydrogens is 604 g/mol. The molecule has 222 valence electrons. The molecule has 4 amide bonds. The fourth-order valence-electron chi connectivity index (χ4n) is 5.53. The maximum Gasteiger partial charge on any atom is 0.266 e. The minimum atomic E-state index is -4.22. The van der Waals surface area contributed by atoms with Crippen LogP contribution in [-0.4, -0.2) is 32.0 Å². The highest BCUT2D eigenvalue weighted by atomic mass is 32.2. The van der Waals surface area contributed by atoms with Gasteiger partial charge in [-0.2, -0.15) is 5.26 Å².